The van der Waals surface area contributed by atoms with Crippen molar-refractivity contribution in [2.75, 3.05) is 11.5 Å². The van der Waals surface area contributed by atoms with Crippen LogP contribution in [0, 0.1) is 0 Å². The quantitative estimate of drug-likeness (QED) is 0.654. The molecule has 1 rings (SSSR count). The van der Waals surface area contributed by atoms with Crippen LogP contribution in [0.1, 0.15) is 19.3 Å². The molecule has 0 saturated carbocycles. The van der Waals surface area contributed by atoms with Crippen molar-refractivity contribution in [3.05, 3.63) is 0 Å². The SMILES string of the molecule is O=C(O)CC1SCCC(=O)[O][SnH2][O]C(=O)CCS1. The molecule has 0 aromatic heterocycles. The summed E-state index contributed by atoms with van der Waals surface area (Å²) >= 11 is 0.674. The van der Waals surface area contributed by atoms with Crippen molar-refractivity contribution in [2.45, 2.75) is 23.8 Å². The molecule has 0 bridgehead atoms. The average Bonchev–Trinajstić information content (AvgIpc) is 2.26. The molecule has 1 fully saturated rings. The Bertz CT molecular complexity index is 302. The average molecular weight is 401 g/mol. The molecule has 0 aromatic rings. The van der Waals surface area contributed by atoms with E-state index >= 15 is 0 Å². The number of aliphatic carboxylic acids is 1. The number of carboxylic acids is 1. The second-order valence-corrected chi connectivity index (χ2v) is 8.66. The van der Waals surface area contributed by atoms with Gasteiger partial charge < -0.3 is 0 Å². The van der Waals surface area contributed by atoms with Gasteiger partial charge in [-0.25, -0.2) is 0 Å². The van der Waals surface area contributed by atoms with Crippen LogP contribution in [0.25, 0.3) is 0 Å². The van der Waals surface area contributed by atoms with E-state index in [9.17, 15) is 14.4 Å². The molecule has 102 valence electrons. The molecule has 1 aliphatic rings. The van der Waals surface area contributed by atoms with Gasteiger partial charge in [0.05, 0.1) is 0 Å². The first-order valence-corrected chi connectivity index (χ1v) is 10.7. The Morgan fingerprint density at radius 1 is 1.22 bits per heavy atom. The number of carbonyl (C=O) groups is 3. The summed E-state index contributed by atoms with van der Waals surface area (Å²) in [6.07, 6.45) is 0.476. The van der Waals surface area contributed by atoms with E-state index in [1.54, 1.807) is 0 Å². The first kappa shape index (κ1) is 16.0. The molecule has 9 heteroatoms. The zero-order chi connectivity index (χ0) is 13.4. The van der Waals surface area contributed by atoms with E-state index in [1.165, 1.54) is 23.5 Å². The van der Waals surface area contributed by atoms with E-state index in [1.807, 2.05) is 0 Å². The number of thioether (sulfide) groups is 2. The fourth-order valence-corrected chi connectivity index (χ4v) is 5.48. The third-order valence-corrected chi connectivity index (χ3v) is 7.28. The second kappa shape index (κ2) is 8.92. The van der Waals surface area contributed by atoms with E-state index in [0.717, 1.165) is 0 Å². The molecule has 0 spiro atoms. The zero-order valence-corrected chi connectivity index (χ0v) is 15.3. The van der Waals surface area contributed by atoms with Crippen molar-refractivity contribution in [1.82, 2.24) is 0 Å². The minimum absolute atomic E-state index is 0.0126. The standard InChI is InChI=1S/C9H14O6S2.Sn.2H/c10-6(11)1-3-16-9(5-8(14)15)17-4-2-7(12)13;;;/h9H,1-5H2,(H,10,11)(H,12,13)(H,14,15);;;/q;+2;;/p-2. The molecule has 0 aromatic carbocycles. The predicted octanol–water partition coefficient (Wildman–Crippen LogP) is 0.133. The van der Waals surface area contributed by atoms with Gasteiger partial charge in [0.25, 0.3) is 0 Å². The summed E-state index contributed by atoms with van der Waals surface area (Å²) < 4.78 is 9.64. The number of carboxylic acid groups (broad SMARTS) is 1. The number of hydrogen-bond donors (Lipinski definition) is 1. The molecule has 0 unspecified atom stereocenters. The third kappa shape index (κ3) is 7.37. The number of hydrogen-bond acceptors (Lipinski definition) is 7. The van der Waals surface area contributed by atoms with Crippen molar-refractivity contribution >= 4 is 63.4 Å². The Morgan fingerprint density at radius 3 is 2.17 bits per heavy atom. The van der Waals surface area contributed by atoms with Crippen LogP contribution < -0.4 is 0 Å². The Hall–Kier alpha value is -0.0913. The van der Waals surface area contributed by atoms with E-state index in [2.05, 4.69) is 0 Å². The summed E-state index contributed by atoms with van der Waals surface area (Å²) in [5, 5.41) is 8.76. The number of rotatable bonds is 2. The molecular weight excluding hydrogens is 387 g/mol. The maximum absolute atomic E-state index is 11.2. The molecule has 0 amide bonds. The van der Waals surface area contributed by atoms with Gasteiger partial charge in [0, 0.05) is 0 Å². The summed E-state index contributed by atoms with van der Waals surface area (Å²) in [4.78, 5) is 33.1. The van der Waals surface area contributed by atoms with Gasteiger partial charge >= 0.3 is 124 Å². The van der Waals surface area contributed by atoms with Crippen molar-refractivity contribution in [2.24, 2.45) is 0 Å². The summed E-state index contributed by atoms with van der Waals surface area (Å²) in [7, 11) is 0. The van der Waals surface area contributed by atoms with Gasteiger partial charge in [-0.3, -0.25) is 0 Å². The van der Waals surface area contributed by atoms with Crippen LogP contribution in [-0.2, 0) is 20.5 Å². The van der Waals surface area contributed by atoms with Gasteiger partial charge in [0.1, 0.15) is 0 Å². The van der Waals surface area contributed by atoms with E-state index in [-0.39, 0.29) is 35.8 Å². The number of carbonyl (C=O) groups excluding carboxylic acids is 2. The van der Waals surface area contributed by atoms with Crippen LogP contribution in [0.3, 0.4) is 0 Å². The van der Waals surface area contributed by atoms with Gasteiger partial charge in [-0.1, -0.05) is 0 Å². The van der Waals surface area contributed by atoms with Crippen molar-refractivity contribution in [1.29, 1.82) is 0 Å². The van der Waals surface area contributed by atoms with Crippen molar-refractivity contribution < 1.29 is 25.6 Å². The van der Waals surface area contributed by atoms with E-state index in [4.69, 9.17) is 11.3 Å². The topological polar surface area (TPSA) is 89.9 Å². The van der Waals surface area contributed by atoms with Crippen LogP contribution in [0.5, 0.6) is 0 Å². The third-order valence-electron chi connectivity index (χ3n) is 2.00. The molecule has 1 aliphatic heterocycles. The van der Waals surface area contributed by atoms with Gasteiger partial charge in [-0.15, -0.1) is 0 Å². The predicted molar refractivity (Wildman–Crippen MR) is 70.9 cm³/mol. The summed E-state index contributed by atoms with van der Waals surface area (Å²) in [6, 6.07) is 0. The van der Waals surface area contributed by atoms with Crippen LogP contribution >= 0.6 is 23.5 Å². The molecule has 0 atom stereocenters. The van der Waals surface area contributed by atoms with Gasteiger partial charge in [0.15, 0.2) is 0 Å². The zero-order valence-electron chi connectivity index (χ0n) is 9.62. The molecule has 1 saturated heterocycles. The van der Waals surface area contributed by atoms with Crippen LogP contribution in [-0.4, -0.2) is 61.1 Å². The summed E-state index contributed by atoms with van der Waals surface area (Å²) in [6.45, 7) is 0. The monoisotopic (exact) mass is 402 g/mol. The normalized spacial score (nSPS) is 24.6. The van der Waals surface area contributed by atoms with Crippen LogP contribution in [0.15, 0.2) is 0 Å². The first-order chi connectivity index (χ1) is 8.58. The Balaban J connectivity index is 2.48. The molecule has 6 nitrogen and oxygen atoms in total. The Kier molecular flexibility index (Phi) is 7.91. The van der Waals surface area contributed by atoms with E-state index in [0.29, 0.717) is 11.5 Å². The summed E-state index contributed by atoms with van der Waals surface area (Å²) in [5.74, 6) is -0.530. The van der Waals surface area contributed by atoms with Crippen molar-refractivity contribution in [3.8, 4) is 0 Å². The van der Waals surface area contributed by atoms with Crippen LogP contribution in [0.2, 0.25) is 0 Å². The van der Waals surface area contributed by atoms with Crippen molar-refractivity contribution in [3.63, 3.8) is 0 Å². The molecular formula is C9H14O6S2Sn. The Labute approximate surface area is 124 Å². The van der Waals surface area contributed by atoms with Gasteiger partial charge in [-0.05, 0) is 0 Å². The molecule has 18 heavy (non-hydrogen) atoms. The molecule has 1 N–H and O–H groups in total. The Morgan fingerprint density at radius 2 is 1.72 bits per heavy atom. The molecule has 0 aliphatic carbocycles. The van der Waals surface area contributed by atoms with Gasteiger partial charge in [-0.2, -0.15) is 0 Å². The molecule has 0 radical (unpaired) electrons. The fourth-order valence-electron chi connectivity index (χ4n) is 1.16. The molecule has 1 heterocycles. The van der Waals surface area contributed by atoms with Crippen LogP contribution in [0.4, 0.5) is 0 Å². The summed E-state index contributed by atoms with van der Waals surface area (Å²) in [5.41, 5.74) is 0. The maximum atomic E-state index is 11.2. The van der Waals surface area contributed by atoms with E-state index < -0.39 is 27.9 Å². The van der Waals surface area contributed by atoms with Gasteiger partial charge in [0.2, 0.25) is 0 Å². The minimum atomic E-state index is -2.17. The first-order valence-electron chi connectivity index (χ1n) is 5.34. The second-order valence-electron chi connectivity index (χ2n) is 3.42. The fraction of sp³-hybridized carbons (Fsp3) is 0.667.